The number of carbonyl (C=O) groups is 1. The highest BCUT2D eigenvalue weighted by Crippen LogP contribution is 2.33. The zero-order valence-corrected chi connectivity index (χ0v) is 16.0. The van der Waals surface area contributed by atoms with Crippen LogP contribution in [0.1, 0.15) is 10.4 Å². The molecule has 0 unspecified atom stereocenters. The molecule has 5 nitrogen and oxygen atoms in total. The van der Waals surface area contributed by atoms with Crippen molar-refractivity contribution in [1.29, 1.82) is 0 Å². The molecule has 4 rings (SSSR count). The number of ether oxygens (including phenoxy) is 1. The van der Waals surface area contributed by atoms with Crippen LogP contribution >= 0.6 is 11.8 Å². The molecule has 0 amide bonds. The van der Waals surface area contributed by atoms with Crippen LogP contribution in [0.5, 0.6) is 5.75 Å². The first kappa shape index (κ1) is 18.7. The van der Waals surface area contributed by atoms with E-state index < -0.39 is 10.9 Å². The van der Waals surface area contributed by atoms with Crippen molar-refractivity contribution in [1.82, 2.24) is 0 Å². The molecule has 0 aliphatic rings. The van der Waals surface area contributed by atoms with Gasteiger partial charge in [-0.3, -0.25) is 10.1 Å². The number of esters is 1. The Morgan fingerprint density at radius 2 is 1.52 bits per heavy atom. The summed E-state index contributed by atoms with van der Waals surface area (Å²) in [5.41, 5.74) is 0.460. The third-order valence-electron chi connectivity index (χ3n) is 4.33. The molecule has 0 aromatic heterocycles. The summed E-state index contributed by atoms with van der Waals surface area (Å²) in [6.45, 7) is 0. The van der Waals surface area contributed by atoms with Gasteiger partial charge in [0.2, 0.25) is 0 Å². The highest BCUT2D eigenvalue weighted by molar-refractivity contribution is 7.99. The molecule has 142 valence electrons. The highest BCUT2D eigenvalue weighted by atomic mass is 32.2. The van der Waals surface area contributed by atoms with Crippen LogP contribution < -0.4 is 4.74 Å². The van der Waals surface area contributed by atoms with Crippen LogP contribution in [0.25, 0.3) is 10.8 Å². The first-order chi connectivity index (χ1) is 14.1. The van der Waals surface area contributed by atoms with Gasteiger partial charge in [-0.1, -0.05) is 60.3 Å². The molecule has 0 fully saturated rings. The maximum atomic E-state index is 12.9. The number of hydrogen-bond donors (Lipinski definition) is 0. The molecule has 0 saturated carbocycles. The number of non-ortho nitro benzene ring substituents is 1. The summed E-state index contributed by atoms with van der Waals surface area (Å²) in [5, 5.41) is 12.7. The Morgan fingerprint density at radius 1 is 0.828 bits per heavy atom. The van der Waals surface area contributed by atoms with Crippen LogP contribution in [0.2, 0.25) is 0 Å². The smallest absolute Gasteiger partial charge is 0.344 e. The van der Waals surface area contributed by atoms with E-state index in [1.165, 1.54) is 23.9 Å². The lowest BCUT2D eigenvalue weighted by atomic mass is 10.1. The van der Waals surface area contributed by atoms with E-state index in [-0.39, 0.29) is 5.69 Å². The molecule has 0 bridgehead atoms. The Balaban J connectivity index is 1.60. The van der Waals surface area contributed by atoms with Crippen molar-refractivity contribution in [3.05, 3.63) is 107 Å². The summed E-state index contributed by atoms with van der Waals surface area (Å²) in [4.78, 5) is 24.8. The van der Waals surface area contributed by atoms with Gasteiger partial charge in [-0.05, 0) is 35.7 Å². The van der Waals surface area contributed by atoms with Gasteiger partial charge >= 0.3 is 5.97 Å². The summed E-state index contributed by atoms with van der Waals surface area (Å²) in [6, 6.07) is 26.7. The Kier molecular flexibility index (Phi) is 5.27. The van der Waals surface area contributed by atoms with Gasteiger partial charge in [0.25, 0.3) is 5.69 Å². The molecule has 4 aromatic rings. The van der Waals surface area contributed by atoms with Crippen LogP contribution in [0.15, 0.2) is 101 Å². The van der Waals surface area contributed by atoms with Crippen LogP contribution in [0, 0.1) is 10.1 Å². The third kappa shape index (κ3) is 4.12. The second kappa shape index (κ2) is 8.16. The SMILES string of the molecule is O=C(Oc1cccc2ccccc12)c1ccccc1Sc1ccc([N+](=O)[O-])cc1. The maximum absolute atomic E-state index is 12.9. The van der Waals surface area contributed by atoms with E-state index in [1.807, 2.05) is 48.5 Å². The lowest BCUT2D eigenvalue weighted by Crippen LogP contribution is -2.10. The number of hydrogen-bond acceptors (Lipinski definition) is 5. The molecular weight excluding hydrogens is 386 g/mol. The van der Waals surface area contributed by atoms with E-state index in [9.17, 15) is 14.9 Å². The fraction of sp³-hybridized carbons (Fsp3) is 0. The standard InChI is InChI=1S/C23H15NO4S/c25-23(28-21-10-5-7-16-6-1-2-8-19(16)21)20-9-3-4-11-22(20)29-18-14-12-17(13-15-18)24(26)27/h1-15H. The quantitative estimate of drug-likeness (QED) is 0.174. The fourth-order valence-electron chi connectivity index (χ4n) is 2.93. The highest BCUT2D eigenvalue weighted by Gasteiger charge is 2.16. The lowest BCUT2D eigenvalue weighted by Gasteiger charge is -2.11. The van der Waals surface area contributed by atoms with Crippen LogP contribution in [-0.2, 0) is 0 Å². The molecular formula is C23H15NO4S. The average Bonchev–Trinajstić information content (AvgIpc) is 2.75. The van der Waals surface area contributed by atoms with Gasteiger partial charge in [-0.2, -0.15) is 0 Å². The van der Waals surface area contributed by atoms with Gasteiger partial charge in [0.1, 0.15) is 5.75 Å². The molecule has 0 saturated heterocycles. The molecule has 0 N–H and O–H groups in total. The molecule has 0 atom stereocenters. The Morgan fingerprint density at radius 3 is 2.31 bits per heavy atom. The number of carbonyl (C=O) groups excluding carboxylic acids is 1. The minimum atomic E-state index is -0.452. The fourth-order valence-corrected chi connectivity index (χ4v) is 3.86. The summed E-state index contributed by atoms with van der Waals surface area (Å²) in [7, 11) is 0. The molecule has 0 spiro atoms. The number of rotatable bonds is 5. The largest absolute Gasteiger partial charge is 0.422 e. The van der Waals surface area contributed by atoms with Crippen molar-refractivity contribution in [2.24, 2.45) is 0 Å². The summed E-state index contributed by atoms with van der Waals surface area (Å²) < 4.78 is 5.70. The number of benzene rings is 4. The monoisotopic (exact) mass is 401 g/mol. The van der Waals surface area contributed by atoms with Crippen molar-refractivity contribution >= 4 is 34.2 Å². The van der Waals surface area contributed by atoms with Gasteiger partial charge in [-0.15, -0.1) is 0 Å². The summed E-state index contributed by atoms with van der Waals surface area (Å²) in [6.07, 6.45) is 0. The van der Waals surface area contributed by atoms with Crippen molar-refractivity contribution < 1.29 is 14.5 Å². The number of fused-ring (bicyclic) bond motifs is 1. The predicted octanol–water partition coefficient (Wildman–Crippen LogP) is 6.12. The first-order valence-corrected chi connectivity index (χ1v) is 9.65. The summed E-state index contributed by atoms with van der Waals surface area (Å²) in [5.74, 6) is 0.0506. The van der Waals surface area contributed by atoms with Crippen LogP contribution in [0.4, 0.5) is 5.69 Å². The average molecular weight is 401 g/mol. The Labute approximate surface area is 171 Å². The van der Waals surface area contributed by atoms with E-state index in [4.69, 9.17) is 4.74 Å². The van der Waals surface area contributed by atoms with Gasteiger partial charge < -0.3 is 4.74 Å². The molecule has 6 heteroatoms. The molecule has 0 radical (unpaired) electrons. The topological polar surface area (TPSA) is 69.4 Å². The zero-order valence-electron chi connectivity index (χ0n) is 15.1. The lowest BCUT2D eigenvalue weighted by molar-refractivity contribution is -0.384. The van der Waals surface area contributed by atoms with E-state index in [2.05, 4.69) is 0 Å². The van der Waals surface area contributed by atoms with E-state index in [0.29, 0.717) is 16.2 Å². The molecule has 0 aliphatic heterocycles. The number of nitro benzene ring substituents is 1. The van der Waals surface area contributed by atoms with E-state index in [0.717, 1.165) is 15.7 Å². The van der Waals surface area contributed by atoms with Gasteiger partial charge in [0.05, 0.1) is 10.5 Å². The summed E-state index contributed by atoms with van der Waals surface area (Å²) >= 11 is 1.35. The molecule has 0 heterocycles. The molecule has 0 aliphatic carbocycles. The minimum absolute atomic E-state index is 0.0259. The second-order valence-corrected chi connectivity index (χ2v) is 7.33. The molecule has 4 aromatic carbocycles. The number of nitrogens with zero attached hydrogens (tertiary/aromatic N) is 1. The van der Waals surface area contributed by atoms with Crippen molar-refractivity contribution in [3.8, 4) is 5.75 Å². The molecule has 29 heavy (non-hydrogen) atoms. The maximum Gasteiger partial charge on any atom is 0.344 e. The Bertz CT molecular complexity index is 1200. The minimum Gasteiger partial charge on any atom is -0.422 e. The first-order valence-electron chi connectivity index (χ1n) is 8.83. The zero-order chi connectivity index (χ0) is 20.2. The number of nitro groups is 1. The van der Waals surface area contributed by atoms with Crippen LogP contribution in [-0.4, -0.2) is 10.9 Å². The third-order valence-corrected chi connectivity index (χ3v) is 5.42. The van der Waals surface area contributed by atoms with Crippen molar-refractivity contribution in [2.75, 3.05) is 0 Å². The van der Waals surface area contributed by atoms with Gasteiger partial charge in [0.15, 0.2) is 0 Å². The van der Waals surface area contributed by atoms with E-state index >= 15 is 0 Å². The Hall–Kier alpha value is -3.64. The van der Waals surface area contributed by atoms with Crippen molar-refractivity contribution in [3.63, 3.8) is 0 Å². The van der Waals surface area contributed by atoms with Gasteiger partial charge in [-0.25, -0.2) is 4.79 Å². The normalized spacial score (nSPS) is 10.6. The second-order valence-electron chi connectivity index (χ2n) is 6.22. The van der Waals surface area contributed by atoms with Gasteiger partial charge in [0, 0.05) is 27.3 Å². The van der Waals surface area contributed by atoms with Crippen LogP contribution in [0.3, 0.4) is 0 Å². The van der Waals surface area contributed by atoms with E-state index in [1.54, 1.807) is 30.3 Å². The van der Waals surface area contributed by atoms with Crippen molar-refractivity contribution in [2.45, 2.75) is 9.79 Å². The predicted molar refractivity (Wildman–Crippen MR) is 113 cm³/mol.